The molecule has 2 N–H and O–H groups in total. The molecule has 0 spiro atoms. The maximum absolute atomic E-state index is 12.5. The number of carbonyl (C=O) groups excluding carboxylic acids is 1. The highest BCUT2D eigenvalue weighted by Gasteiger charge is 2.26. The van der Waals surface area contributed by atoms with Crippen LogP contribution in [0.15, 0.2) is 58.3 Å². The fourth-order valence-electron chi connectivity index (χ4n) is 2.06. The highest BCUT2D eigenvalue weighted by Crippen LogP contribution is 2.17. The Balaban J connectivity index is 2.22. The number of anilines is 1. The second-order valence-corrected chi connectivity index (χ2v) is 9.22. The summed E-state index contributed by atoms with van der Waals surface area (Å²) >= 11 is 0. The molecule has 0 fully saturated rings. The lowest BCUT2D eigenvalue weighted by molar-refractivity contribution is -0.114. The topological polar surface area (TPSA) is 113 Å². The number of carbonyl (C=O) groups is 1. The molecule has 0 aliphatic rings. The molecule has 10 heteroatoms. The standard InChI is InChI=1S/C16H19N3O5S2/c1-12-4-8-16(9-5-12)26(23,24)19(3)18-25(21,22)15-10-6-14(7-11-15)17-13(2)20/h4-11,18H,1-3H3,(H,17,20). The molecule has 0 heterocycles. The van der Waals surface area contributed by atoms with Crippen molar-refractivity contribution < 1.29 is 21.6 Å². The Labute approximate surface area is 152 Å². The number of hydrazine groups is 1. The first kappa shape index (κ1) is 20.0. The second-order valence-electron chi connectivity index (χ2n) is 5.59. The highest BCUT2D eigenvalue weighted by atomic mass is 32.2. The molecular weight excluding hydrogens is 378 g/mol. The van der Waals surface area contributed by atoms with Crippen molar-refractivity contribution in [1.29, 1.82) is 0 Å². The Bertz CT molecular complexity index is 999. The number of benzene rings is 2. The smallest absolute Gasteiger partial charge is 0.256 e. The molecule has 0 unspecified atom stereocenters. The van der Waals surface area contributed by atoms with E-state index in [0.717, 1.165) is 12.6 Å². The summed E-state index contributed by atoms with van der Waals surface area (Å²) < 4.78 is 50.3. The molecule has 0 aromatic heterocycles. The molecule has 0 aliphatic heterocycles. The molecule has 0 bridgehead atoms. The molecule has 2 aromatic rings. The van der Waals surface area contributed by atoms with E-state index in [1.165, 1.54) is 43.3 Å². The molecule has 8 nitrogen and oxygen atoms in total. The van der Waals surface area contributed by atoms with Crippen LogP contribution >= 0.6 is 0 Å². The van der Waals surface area contributed by atoms with Crippen LogP contribution in [-0.2, 0) is 24.8 Å². The van der Waals surface area contributed by atoms with E-state index in [0.29, 0.717) is 10.1 Å². The number of aryl methyl sites for hydroxylation is 1. The average Bonchev–Trinajstić information content (AvgIpc) is 2.54. The number of amides is 1. The zero-order valence-corrected chi connectivity index (χ0v) is 16.1. The van der Waals surface area contributed by atoms with E-state index in [4.69, 9.17) is 0 Å². The number of hydrogen-bond donors (Lipinski definition) is 2. The van der Waals surface area contributed by atoms with Crippen LogP contribution in [0.25, 0.3) is 0 Å². The number of nitrogens with zero attached hydrogens (tertiary/aromatic N) is 1. The summed E-state index contributed by atoms with van der Waals surface area (Å²) in [6, 6.07) is 11.4. The average molecular weight is 397 g/mol. The molecule has 0 atom stereocenters. The predicted molar refractivity (Wildman–Crippen MR) is 97.2 cm³/mol. The lowest BCUT2D eigenvalue weighted by Crippen LogP contribution is -2.43. The summed E-state index contributed by atoms with van der Waals surface area (Å²) in [5.74, 6) is -0.289. The van der Waals surface area contributed by atoms with Crippen molar-refractivity contribution in [1.82, 2.24) is 9.25 Å². The Kier molecular flexibility index (Phi) is 5.81. The third kappa shape index (κ3) is 4.67. The SMILES string of the molecule is CC(=O)Nc1ccc(S(=O)(=O)NN(C)S(=O)(=O)c2ccc(C)cc2)cc1. The second kappa shape index (κ2) is 7.54. The van der Waals surface area contributed by atoms with Crippen LogP contribution < -0.4 is 10.1 Å². The van der Waals surface area contributed by atoms with Gasteiger partial charge in [-0.1, -0.05) is 17.7 Å². The van der Waals surface area contributed by atoms with Crippen LogP contribution in [0.1, 0.15) is 12.5 Å². The van der Waals surface area contributed by atoms with E-state index in [-0.39, 0.29) is 15.7 Å². The van der Waals surface area contributed by atoms with E-state index >= 15 is 0 Å². The van der Waals surface area contributed by atoms with Gasteiger partial charge in [0.25, 0.3) is 20.0 Å². The Hall–Kier alpha value is -2.27. The van der Waals surface area contributed by atoms with Crippen LogP contribution in [0, 0.1) is 6.92 Å². The number of rotatable bonds is 6. The van der Waals surface area contributed by atoms with Gasteiger partial charge in [-0.3, -0.25) is 4.79 Å². The van der Waals surface area contributed by atoms with Gasteiger partial charge >= 0.3 is 0 Å². The van der Waals surface area contributed by atoms with Gasteiger partial charge in [-0.15, -0.1) is 9.25 Å². The monoisotopic (exact) mass is 397 g/mol. The predicted octanol–water partition coefficient (Wildman–Crippen LogP) is 1.47. The molecular formula is C16H19N3O5S2. The molecule has 0 radical (unpaired) electrons. The summed E-state index contributed by atoms with van der Waals surface area (Å²) in [6.07, 6.45) is 0. The molecule has 2 aromatic carbocycles. The maximum atomic E-state index is 12.5. The normalized spacial score (nSPS) is 12.2. The van der Waals surface area contributed by atoms with Crippen molar-refractivity contribution in [3.63, 3.8) is 0 Å². The van der Waals surface area contributed by atoms with Crippen molar-refractivity contribution in [2.75, 3.05) is 12.4 Å². The molecule has 0 saturated carbocycles. The van der Waals surface area contributed by atoms with Gasteiger partial charge in [0.1, 0.15) is 0 Å². The largest absolute Gasteiger partial charge is 0.326 e. The van der Waals surface area contributed by atoms with Gasteiger partial charge in [0.2, 0.25) is 5.91 Å². The Morgan fingerprint density at radius 2 is 1.38 bits per heavy atom. The molecule has 0 aliphatic carbocycles. The summed E-state index contributed by atoms with van der Waals surface area (Å²) in [6.45, 7) is 3.14. The fourth-order valence-corrected chi connectivity index (χ4v) is 4.48. The van der Waals surface area contributed by atoms with Gasteiger partial charge < -0.3 is 5.32 Å². The third-order valence-electron chi connectivity index (χ3n) is 3.41. The van der Waals surface area contributed by atoms with Gasteiger partial charge in [-0.25, -0.2) is 16.8 Å². The van der Waals surface area contributed by atoms with Gasteiger partial charge in [0.15, 0.2) is 0 Å². The van der Waals surface area contributed by atoms with E-state index in [1.807, 2.05) is 11.8 Å². The number of nitrogens with one attached hydrogen (secondary N) is 2. The number of hydrogen-bond acceptors (Lipinski definition) is 5. The minimum absolute atomic E-state index is 0.0330. The van der Waals surface area contributed by atoms with E-state index in [9.17, 15) is 21.6 Å². The van der Waals surface area contributed by atoms with Crippen LogP contribution in [0.2, 0.25) is 0 Å². The van der Waals surface area contributed by atoms with Crippen molar-refractivity contribution in [2.24, 2.45) is 0 Å². The molecule has 26 heavy (non-hydrogen) atoms. The van der Waals surface area contributed by atoms with E-state index < -0.39 is 20.0 Å². The van der Waals surface area contributed by atoms with Crippen LogP contribution in [0.5, 0.6) is 0 Å². The first-order valence-corrected chi connectivity index (χ1v) is 10.4. The zero-order valence-electron chi connectivity index (χ0n) is 14.4. The minimum atomic E-state index is -4.12. The lowest BCUT2D eigenvalue weighted by atomic mass is 10.2. The van der Waals surface area contributed by atoms with E-state index in [1.54, 1.807) is 12.1 Å². The summed E-state index contributed by atoms with van der Waals surface area (Å²) in [5.41, 5.74) is 1.31. The van der Waals surface area contributed by atoms with Crippen molar-refractivity contribution >= 4 is 31.6 Å². The van der Waals surface area contributed by atoms with Gasteiger partial charge in [0.05, 0.1) is 9.79 Å². The summed E-state index contributed by atoms with van der Waals surface area (Å²) in [7, 11) is -7.05. The van der Waals surface area contributed by atoms with Gasteiger partial charge in [-0.05, 0) is 43.3 Å². The molecule has 140 valence electrons. The Morgan fingerprint density at radius 3 is 1.88 bits per heavy atom. The highest BCUT2D eigenvalue weighted by molar-refractivity contribution is 7.92. The zero-order chi connectivity index (χ0) is 19.5. The molecule has 1 amide bonds. The van der Waals surface area contributed by atoms with Crippen molar-refractivity contribution in [3.05, 3.63) is 54.1 Å². The molecule has 0 saturated heterocycles. The number of sulfonamides is 2. The van der Waals surface area contributed by atoms with E-state index in [2.05, 4.69) is 5.32 Å². The van der Waals surface area contributed by atoms with Crippen molar-refractivity contribution in [3.8, 4) is 0 Å². The quantitative estimate of drug-likeness (QED) is 0.717. The van der Waals surface area contributed by atoms with Crippen molar-refractivity contribution in [2.45, 2.75) is 23.6 Å². The maximum Gasteiger partial charge on any atom is 0.256 e. The fraction of sp³-hybridized carbons (Fsp3) is 0.188. The van der Waals surface area contributed by atoms with Gasteiger partial charge in [0, 0.05) is 19.7 Å². The third-order valence-corrected chi connectivity index (χ3v) is 6.62. The van der Waals surface area contributed by atoms with Crippen LogP contribution in [0.4, 0.5) is 5.69 Å². The van der Waals surface area contributed by atoms with Gasteiger partial charge in [-0.2, -0.15) is 0 Å². The first-order chi connectivity index (χ1) is 12.0. The van der Waals surface area contributed by atoms with Crippen LogP contribution in [0.3, 0.4) is 0 Å². The lowest BCUT2D eigenvalue weighted by Gasteiger charge is -2.18. The van der Waals surface area contributed by atoms with Crippen LogP contribution in [-0.4, -0.2) is 34.2 Å². The summed E-state index contributed by atoms with van der Waals surface area (Å²) in [4.78, 5) is 12.8. The first-order valence-electron chi connectivity index (χ1n) is 7.48. The molecule has 2 rings (SSSR count). The minimum Gasteiger partial charge on any atom is -0.326 e. The summed E-state index contributed by atoms with van der Waals surface area (Å²) in [5, 5.41) is 2.51. The Morgan fingerprint density at radius 1 is 0.885 bits per heavy atom.